The number of nitrogen functional groups attached to an aromatic ring is 1. The smallest absolute Gasteiger partial charge is 0.259 e. The zero-order valence-electron chi connectivity index (χ0n) is 14.4. The number of benzene rings is 1. The first-order valence-corrected chi connectivity index (χ1v) is 7.99. The zero-order chi connectivity index (χ0) is 19.4. The van der Waals surface area contributed by atoms with Gasteiger partial charge in [-0.1, -0.05) is 6.07 Å². The van der Waals surface area contributed by atoms with E-state index in [2.05, 4.69) is 20.6 Å². The predicted octanol–water partition coefficient (Wildman–Crippen LogP) is 3.08. The second-order valence-electron chi connectivity index (χ2n) is 5.73. The molecular formula is C19H16FN5O2. The number of rotatable bonds is 4. The van der Waals surface area contributed by atoms with Gasteiger partial charge in [-0.15, -0.1) is 0 Å². The molecule has 3 aromatic rings. The van der Waals surface area contributed by atoms with Crippen molar-refractivity contribution < 1.29 is 14.0 Å². The number of nitrogens with one attached hydrogen (secondary N) is 2. The van der Waals surface area contributed by atoms with Crippen molar-refractivity contribution in [3.63, 3.8) is 0 Å². The number of amides is 2. The fraction of sp³-hybridized carbons (Fsp3) is 0.0526. The van der Waals surface area contributed by atoms with Crippen LogP contribution in [0.4, 0.5) is 21.7 Å². The first-order chi connectivity index (χ1) is 12.9. The number of hydrogen-bond donors (Lipinski definition) is 3. The molecular weight excluding hydrogens is 349 g/mol. The Labute approximate surface area is 154 Å². The van der Waals surface area contributed by atoms with Gasteiger partial charge in [-0.2, -0.15) is 0 Å². The Bertz CT molecular complexity index is 1020. The molecule has 7 nitrogen and oxygen atoms in total. The Morgan fingerprint density at radius 1 is 1.04 bits per heavy atom. The number of carbonyl (C=O) groups is 2. The summed E-state index contributed by atoms with van der Waals surface area (Å²) in [7, 11) is 0. The third kappa shape index (κ3) is 4.43. The highest BCUT2D eigenvalue weighted by molar-refractivity contribution is 6.07. The lowest BCUT2D eigenvalue weighted by Crippen LogP contribution is -2.15. The second-order valence-corrected chi connectivity index (χ2v) is 5.73. The van der Waals surface area contributed by atoms with Gasteiger partial charge in [0.2, 0.25) is 5.91 Å². The highest BCUT2D eigenvalue weighted by Gasteiger charge is 2.14. The Morgan fingerprint density at radius 2 is 1.85 bits per heavy atom. The summed E-state index contributed by atoms with van der Waals surface area (Å²) in [5, 5.41) is 5.18. The molecule has 0 fully saturated rings. The average molecular weight is 365 g/mol. The molecule has 0 radical (unpaired) electrons. The van der Waals surface area contributed by atoms with Gasteiger partial charge in [0.1, 0.15) is 17.5 Å². The molecule has 8 heteroatoms. The highest BCUT2D eigenvalue weighted by atomic mass is 19.1. The lowest BCUT2D eigenvalue weighted by Gasteiger charge is -2.10. The maximum Gasteiger partial charge on any atom is 0.259 e. The van der Waals surface area contributed by atoms with Crippen molar-refractivity contribution in [1.29, 1.82) is 0 Å². The summed E-state index contributed by atoms with van der Waals surface area (Å²) < 4.78 is 13.3. The summed E-state index contributed by atoms with van der Waals surface area (Å²) in [4.78, 5) is 31.8. The number of aromatic nitrogens is 2. The van der Waals surface area contributed by atoms with Crippen molar-refractivity contribution in [3.05, 3.63) is 66.2 Å². The number of carbonyl (C=O) groups excluding carboxylic acids is 2. The Balaban J connectivity index is 1.90. The molecule has 1 aromatic carbocycles. The molecule has 0 atom stereocenters. The van der Waals surface area contributed by atoms with Crippen LogP contribution in [0.25, 0.3) is 11.1 Å². The van der Waals surface area contributed by atoms with Gasteiger partial charge in [0.05, 0.1) is 5.56 Å². The van der Waals surface area contributed by atoms with Crippen LogP contribution in [0.3, 0.4) is 0 Å². The lowest BCUT2D eigenvalue weighted by atomic mass is 10.1. The molecule has 27 heavy (non-hydrogen) atoms. The van der Waals surface area contributed by atoms with E-state index in [9.17, 15) is 14.0 Å². The molecule has 0 aliphatic carbocycles. The normalized spacial score (nSPS) is 10.3. The maximum atomic E-state index is 13.3. The monoisotopic (exact) mass is 365 g/mol. The lowest BCUT2D eigenvalue weighted by molar-refractivity contribution is -0.114. The highest BCUT2D eigenvalue weighted by Crippen LogP contribution is 2.24. The minimum absolute atomic E-state index is 0.0452. The molecule has 0 unspecified atom stereocenters. The zero-order valence-corrected chi connectivity index (χ0v) is 14.4. The topological polar surface area (TPSA) is 110 Å². The number of hydrogen-bond acceptors (Lipinski definition) is 5. The quantitative estimate of drug-likeness (QED) is 0.658. The first-order valence-electron chi connectivity index (χ1n) is 7.99. The molecule has 2 aromatic heterocycles. The van der Waals surface area contributed by atoms with Crippen LogP contribution in [0.15, 0.2) is 54.9 Å². The van der Waals surface area contributed by atoms with E-state index in [1.165, 1.54) is 37.5 Å². The third-order valence-electron chi connectivity index (χ3n) is 3.64. The van der Waals surface area contributed by atoms with Gasteiger partial charge in [0, 0.05) is 30.6 Å². The van der Waals surface area contributed by atoms with E-state index >= 15 is 0 Å². The van der Waals surface area contributed by atoms with E-state index in [0.717, 1.165) is 0 Å². The van der Waals surface area contributed by atoms with E-state index in [0.29, 0.717) is 22.6 Å². The summed E-state index contributed by atoms with van der Waals surface area (Å²) in [5.74, 6) is -0.796. The van der Waals surface area contributed by atoms with Crippen molar-refractivity contribution in [2.75, 3.05) is 16.4 Å². The van der Waals surface area contributed by atoms with E-state index in [1.54, 1.807) is 24.3 Å². The fourth-order valence-corrected chi connectivity index (χ4v) is 2.44. The molecule has 136 valence electrons. The van der Waals surface area contributed by atoms with Crippen LogP contribution in [-0.4, -0.2) is 21.8 Å². The van der Waals surface area contributed by atoms with Crippen molar-refractivity contribution >= 4 is 29.1 Å². The molecule has 2 amide bonds. The third-order valence-corrected chi connectivity index (χ3v) is 3.64. The van der Waals surface area contributed by atoms with Gasteiger partial charge in [-0.25, -0.2) is 14.4 Å². The van der Waals surface area contributed by atoms with Crippen LogP contribution in [-0.2, 0) is 4.79 Å². The maximum absolute atomic E-state index is 13.3. The van der Waals surface area contributed by atoms with Gasteiger partial charge in [0.25, 0.3) is 5.91 Å². The SMILES string of the molecule is CC(=O)Nc1cc(-c2cnc(N)c(C(=O)Nc3cccc(F)c3)c2)ccn1. The fourth-order valence-electron chi connectivity index (χ4n) is 2.44. The Kier molecular flexibility index (Phi) is 5.07. The minimum atomic E-state index is -0.511. The van der Waals surface area contributed by atoms with E-state index in [-0.39, 0.29) is 17.3 Å². The number of nitrogens with zero attached hydrogens (tertiary/aromatic N) is 2. The number of halogens is 1. The molecule has 2 heterocycles. The van der Waals surface area contributed by atoms with Gasteiger partial charge in [0.15, 0.2) is 0 Å². The molecule has 0 spiro atoms. The van der Waals surface area contributed by atoms with Crippen molar-refractivity contribution in [3.8, 4) is 11.1 Å². The number of pyridine rings is 2. The van der Waals surface area contributed by atoms with E-state index < -0.39 is 11.7 Å². The van der Waals surface area contributed by atoms with Crippen molar-refractivity contribution in [1.82, 2.24) is 9.97 Å². The second kappa shape index (κ2) is 7.61. The van der Waals surface area contributed by atoms with Crippen LogP contribution >= 0.6 is 0 Å². The Hall–Kier alpha value is -3.81. The summed E-state index contributed by atoms with van der Waals surface area (Å²) in [6.07, 6.45) is 3.05. The van der Waals surface area contributed by atoms with Gasteiger partial charge in [-0.05, 0) is 42.0 Å². The van der Waals surface area contributed by atoms with Crippen LogP contribution in [0.1, 0.15) is 17.3 Å². The van der Waals surface area contributed by atoms with Gasteiger partial charge in [-0.3, -0.25) is 9.59 Å². The molecule has 0 bridgehead atoms. The van der Waals surface area contributed by atoms with Gasteiger partial charge < -0.3 is 16.4 Å². The summed E-state index contributed by atoms with van der Waals surface area (Å²) in [6, 6.07) is 10.5. The predicted molar refractivity (Wildman–Crippen MR) is 101 cm³/mol. The van der Waals surface area contributed by atoms with Crippen LogP contribution in [0, 0.1) is 5.82 Å². The molecule has 0 saturated carbocycles. The van der Waals surface area contributed by atoms with Crippen LogP contribution in [0.5, 0.6) is 0 Å². The van der Waals surface area contributed by atoms with E-state index in [4.69, 9.17) is 5.73 Å². The van der Waals surface area contributed by atoms with E-state index in [1.807, 2.05) is 0 Å². The summed E-state index contributed by atoms with van der Waals surface area (Å²) in [6.45, 7) is 1.38. The number of nitrogens with two attached hydrogens (primary N) is 1. The summed E-state index contributed by atoms with van der Waals surface area (Å²) >= 11 is 0. The average Bonchev–Trinajstić information content (AvgIpc) is 2.61. The van der Waals surface area contributed by atoms with Gasteiger partial charge >= 0.3 is 0 Å². The summed E-state index contributed by atoms with van der Waals surface area (Å²) in [5.41, 5.74) is 7.60. The Morgan fingerprint density at radius 3 is 2.59 bits per heavy atom. The molecule has 0 aliphatic rings. The minimum Gasteiger partial charge on any atom is -0.383 e. The molecule has 4 N–H and O–H groups in total. The van der Waals surface area contributed by atoms with Crippen LogP contribution in [0.2, 0.25) is 0 Å². The first kappa shape index (κ1) is 18.0. The van der Waals surface area contributed by atoms with Crippen LogP contribution < -0.4 is 16.4 Å². The largest absolute Gasteiger partial charge is 0.383 e. The molecule has 0 aliphatic heterocycles. The van der Waals surface area contributed by atoms with Crippen molar-refractivity contribution in [2.24, 2.45) is 0 Å². The molecule has 3 rings (SSSR count). The molecule has 0 saturated heterocycles. The number of anilines is 3. The standard InChI is InChI=1S/C19H16FN5O2/c1-11(26)24-17-8-12(5-6-22-17)13-7-16(18(21)23-10-13)19(27)25-15-4-2-3-14(20)9-15/h2-10H,1H3,(H2,21,23)(H,25,27)(H,22,24,26). The van der Waals surface area contributed by atoms with Crippen molar-refractivity contribution in [2.45, 2.75) is 6.92 Å².